The molecule has 1 heterocycles. The van der Waals surface area contributed by atoms with Crippen LogP contribution in [-0.4, -0.2) is 4.98 Å². The minimum Gasteiger partial charge on any atom is -0.256 e. The van der Waals surface area contributed by atoms with Gasteiger partial charge in [-0.05, 0) is 65.6 Å². The first-order chi connectivity index (χ1) is 14.8. The van der Waals surface area contributed by atoms with E-state index in [-0.39, 0.29) is 5.82 Å². The van der Waals surface area contributed by atoms with E-state index in [1.807, 2.05) is 36.5 Å². The molecule has 0 unspecified atom stereocenters. The Morgan fingerprint density at radius 2 is 1.55 bits per heavy atom. The van der Waals surface area contributed by atoms with Crippen LogP contribution >= 0.6 is 0 Å². The van der Waals surface area contributed by atoms with Crippen LogP contribution in [0.15, 0.2) is 72.9 Å². The van der Waals surface area contributed by atoms with Crippen LogP contribution in [0.25, 0.3) is 22.0 Å². The number of hydrogen-bond acceptors (Lipinski definition) is 1. The fourth-order valence-electron chi connectivity index (χ4n) is 3.63. The Balaban J connectivity index is 1.53. The second-order valence-electron chi connectivity index (χ2n) is 7.57. The number of halogens is 4. The number of benzene rings is 3. The van der Waals surface area contributed by atoms with Crippen molar-refractivity contribution in [3.05, 3.63) is 101 Å². The van der Waals surface area contributed by atoms with Gasteiger partial charge in [0, 0.05) is 17.1 Å². The Labute approximate surface area is 178 Å². The Morgan fingerprint density at radius 1 is 0.806 bits per heavy atom. The predicted molar refractivity (Wildman–Crippen MR) is 115 cm³/mol. The van der Waals surface area contributed by atoms with E-state index in [9.17, 15) is 13.2 Å². The van der Waals surface area contributed by atoms with Crippen molar-refractivity contribution < 1.29 is 17.6 Å². The molecule has 1 aromatic heterocycles. The number of rotatable bonds is 5. The molecular formula is C26H21F4N. The normalized spacial score (nSPS) is 11.8. The van der Waals surface area contributed by atoms with Crippen molar-refractivity contribution in [3.8, 4) is 11.3 Å². The Hall–Kier alpha value is -3.21. The lowest BCUT2D eigenvalue weighted by atomic mass is 9.98. The van der Waals surface area contributed by atoms with Crippen LogP contribution in [0.1, 0.15) is 29.2 Å². The highest BCUT2D eigenvalue weighted by molar-refractivity contribution is 5.88. The van der Waals surface area contributed by atoms with Crippen LogP contribution in [0.2, 0.25) is 0 Å². The van der Waals surface area contributed by atoms with Crippen molar-refractivity contribution in [2.45, 2.75) is 32.4 Å². The second-order valence-corrected chi connectivity index (χ2v) is 7.57. The van der Waals surface area contributed by atoms with Crippen molar-refractivity contribution in [3.63, 3.8) is 0 Å². The highest BCUT2D eigenvalue weighted by Crippen LogP contribution is 2.30. The van der Waals surface area contributed by atoms with E-state index < -0.39 is 11.7 Å². The fourth-order valence-corrected chi connectivity index (χ4v) is 3.63. The molecule has 0 atom stereocenters. The van der Waals surface area contributed by atoms with Crippen molar-refractivity contribution in [1.82, 2.24) is 4.98 Å². The van der Waals surface area contributed by atoms with E-state index in [2.05, 4.69) is 11.9 Å². The smallest absolute Gasteiger partial charge is 0.256 e. The predicted octanol–water partition coefficient (Wildman–Crippen LogP) is 7.41. The molecule has 0 aliphatic heterocycles. The van der Waals surface area contributed by atoms with Crippen LogP contribution in [-0.2, 0) is 25.4 Å². The molecule has 0 aliphatic rings. The summed E-state index contributed by atoms with van der Waals surface area (Å²) in [6.45, 7) is 2.07. The average molecular weight is 423 g/mol. The zero-order valence-corrected chi connectivity index (χ0v) is 17.0. The first kappa shape index (κ1) is 21.0. The topological polar surface area (TPSA) is 12.9 Å². The van der Waals surface area contributed by atoms with Crippen LogP contribution < -0.4 is 0 Å². The first-order valence-electron chi connectivity index (χ1n) is 10.2. The largest absolute Gasteiger partial charge is 0.416 e. The maximum Gasteiger partial charge on any atom is 0.416 e. The highest BCUT2D eigenvalue weighted by atomic mass is 19.4. The molecule has 31 heavy (non-hydrogen) atoms. The number of nitrogens with zero attached hydrogens (tertiary/aromatic N) is 1. The first-order valence-corrected chi connectivity index (χ1v) is 10.2. The number of alkyl halides is 3. The standard InChI is InChI=1S/C26H21F4N/c1-2-17-6-14-24(31-16-17)21-10-13-23-20(15-21)9-8-19(25(23)27)7-3-18-4-11-22(12-5-18)26(28,29)30/h4-6,8-16H,2-3,7H2,1H3. The van der Waals surface area contributed by atoms with Gasteiger partial charge < -0.3 is 0 Å². The third-order valence-corrected chi connectivity index (χ3v) is 5.53. The summed E-state index contributed by atoms with van der Waals surface area (Å²) in [6, 6.07) is 18.2. The summed E-state index contributed by atoms with van der Waals surface area (Å²) in [6.07, 6.45) is -0.702. The molecule has 0 spiro atoms. The van der Waals surface area contributed by atoms with Gasteiger partial charge in [-0.15, -0.1) is 0 Å². The summed E-state index contributed by atoms with van der Waals surface area (Å²) in [5.41, 5.74) is 3.53. The minimum atomic E-state index is -4.35. The lowest BCUT2D eigenvalue weighted by Gasteiger charge is -2.10. The Morgan fingerprint density at radius 3 is 2.19 bits per heavy atom. The average Bonchev–Trinajstić information content (AvgIpc) is 2.78. The van der Waals surface area contributed by atoms with Gasteiger partial charge in [-0.25, -0.2) is 4.39 Å². The molecule has 0 N–H and O–H groups in total. The van der Waals surface area contributed by atoms with E-state index in [0.29, 0.717) is 23.8 Å². The Kier molecular flexibility index (Phi) is 5.77. The molecule has 0 fully saturated rings. The molecule has 4 aromatic rings. The van der Waals surface area contributed by atoms with E-state index in [1.165, 1.54) is 12.1 Å². The van der Waals surface area contributed by atoms with Gasteiger partial charge in [0.25, 0.3) is 0 Å². The summed E-state index contributed by atoms with van der Waals surface area (Å²) < 4.78 is 53.1. The number of hydrogen-bond donors (Lipinski definition) is 0. The lowest BCUT2D eigenvalue weighted by Crippen LogP contribution is -2.04. The molecule has 0 aliphatic carbocycles. The van der Waals surface area contributed by atoms with Gasteiger partial charge in [-0.1, -0.05) is 49.4 Å². The van der Waals surface area contributed by atoms with E-state index in [0.717, 1.165) is 46.3 Å². The van der Waals surface area contributed by atoms with E-state index in [4.69, 9.17) is 0 Å². The fraction of sp³-hybridized carbons (Fsp3) is 0.192. The van der Waals surface area contributed by atoms with Gasteiger partial charge in [-0.2, -0.15) is 13.2 Å². The summed E-state index contributed by atoms with van der Waals surface area (Å²) in [7, 11) is 0. The number of aromatic nitrogens is 1. The zero-order valence-electron chi connectivity index (χ0n) is 17.0. The van der Waals surface area contributed by atoms with Crippen molar-refractivity contribution in [2.24, 2.45) is 0 Å². The maximum absolute atomic E-state index is 15.1. The maximum atomic E-state index is 15.1. The summed E-state index contributed by atoms with van der Waals surface area (Å²) in [4.78, 5) is 4.49. The SMILES string of the molecule is CCc1ccc(-c2ccc3c(F)c(CCc4ccc(C(F)(F)F)cc4)ccc3c2)nc1. The third-order valence-electron chi connectivity index (χ3n) is 5.53. The monoisotopic (exact) mass is 423 g/mol. The Bertz CT molecular complexity index is 1190. The van der Waals surface area contributed by atoms with Gasteiger partial charge >= 0.3 is 6.18 Å². The molecule has 0 amide bonds. The molecule has 0 saturated carbocycles. The molecule has 0 bridgehead atoms. The molecule has 3 aromatic carbocycles. The van der Waals surface area contributed by atoms with Crippen LogP contribution in [0.3, 0.4) is 0 Å². The van der Waals surface area contributed by atoms with Crippen molar-refractivity contribution in [1.29, 1.82) is 0 Å². The van der Waals surface area contributed by atoms with Crippen molar-refractivity contribution in [2.75, 3.05) is 0 Å². The van der Waals surface area contributed by atoms with Crippen molar-refractivity contribution >= 4 is 10.8 Å². The lowest BCUT2D eigenvalue weighted by molar-refractivity contribution is -0.137. The van der Waals surface area contributed by atoms with Gasteiger partial charge in [-0.3, -0.25) is 4.98 Å². The highest BCUT2D eigenvalue weighted by Gasteiger charge is 2.29. The molecule has 1 nitrogen and oxygen atoms in total. The van der Waals surface area contributed by atoms with Crippen LogP contribution in [0, 0.1) is 5.82 Å². The van der Waals surface area contributed by atoms with Gasteiger partial charge in [0.15, 0.2) is 0 Å². The molecule has 5 heteroatoms. The molecule has 0 radical (unpaired) electrons. The minimum absolute atomic E-state index is 0.287. The molecule has 158 valence electrons. The third kappa shape index (κ3) is 4.61. The number of fused-ring (bicyclic) bond motifs is 1. The van der Waals surface area contributed by atoms with Gasteiger partial charge in [0.2, 0.25) is 0 Å². The summed E-state index contributed by atoms with van der Waals surface area (Å²) in [5.74, 6) is -0.287. The molecule has 0 saturated heterocycles. The molecule has 4 rings (SSSR count). The number of aryl methyl sites for hydroxylation is 3. The summed E-state index contributed by atoms with van der Waals surface area (Å²) in [5, 5.41) is 1.31. The van der Waals surface area contributed by atoms with E-state index >= 15 is 4.39 Å². The van der Waals surface area contributed by atoms with Crippen LogP contribution in [0.4, 0.5) is 17.6 Å². The zero-order chi connectivity index (χ0) is 22.0. The van der Waals surface area contributed by atoms with Crippen LogP contribution in [0.5, 0.6) is 0 Å². The second kappa shape index (κ2) is 8.50. The number of pyridine rings is 1. The quantitative estimate of drug-likeness (QED) is 0.305. The van der Waals surface area contributed by atoms with E-state index in [1.54, 1.807) is 12.1 Å². The van der Waals surface area contributed by atoms with Gasteiger partial charge in [0.05, 0.1) is 11.3 Å². The molecular weight excluding hydrogens is 402 g/mol. The van der Waals surface area contributed by atoms with Gasteiger partial charge in [0.1, 0.15) is 5.82 Å². The summed E-state index contributed by atoms with van der Waals surface area (Å²) >= 11 is 0.